The van der Waals surface area contributed by atoms with E-state index in [0.717, 1.165) is 12.8 Å². The molecule has 0 aromatic heterocycles. The van der Waals surface area contributed by atoms with Gasteiger partial charge in [-0.2, -0.15) is 0 Å². The Morgan fingerprint density at radius 3 is 2.02 bits per heavy atom. The number of amides is 4. The molecule has 1 aliphatic heterocycles. The van der Waals surface area contributed by atoms with E-state index < -0.39 is 48.4 Å². The first-order chi connectivity index (χ1) is 24.0. The lowest BCUT2D eigenvalue weighted by Crippen LogP contribution is -2.59. The summed E-state index contributed by atoms with van der Waals surface area (Å²) >= 11 is 0. The lowest BCUT2D eigenvalue weighted by atomic mass is 9.90. The number of nitrogens with zero attached hydrogens (tertiary/aromatic N) is 2. The number of hydrogen-bond donors (Lipinski definition) is 4. The summed E-state index contributed by atoms with van der Waals surface area (Å²) in [5.74, 6) is -1.70. The van der Waals surface area contributed by atoms with Crippen LogP contribution in [0.3, 0.4) is 0 Å². The molecule has 0 unspecified atom stereocenters. The summed E-state index contributed by atoms with van der Waals surface area (Å²) in [4.78, 5) is 58.2. The second-order valence-corrected chi connectivity index (χ2v) is 15.2. The van der Waals surface area contributed by atoms with Crippen molar-refractivity contribution in [3.05, 3.63) is 35.9 Å². The Kier molecular flexibility index (Phi) is 18.0. The molecule has 0 aliphatic carbocycles. The highest BCUT2D eigenvalue weighted by molar-refractivity contribution is 5.90. The van der Waals surface area contributed by atoms with Crippen LogP contribution >= 0.6 is 0 Å². The topological polar surface area (TPSA) is 150 Å². The van der Waals surface area contributed by atoms with Crippen LogP contribution < -0.4 is 16.0 Å². The first kappa shape index (κ1) is 44.1. The van der Waals surface area contributed by atoms with Crippen molar-refractivity contribution in [1.82, 2.24) is 25.8 Å². The van der Waals surface area contributed by atoms with E-state index in [2.05, 4.69) is 16.0 Å². The molecule has 1 heterocycles. The molecule has 12 nitrogen and oxygen atoms in total. The van der Waals surface area contributed by atoms with Crippen molar-refractivity contribution < 1.29 is 33.8 Å². The monoisotopic (exact) mass is 718 g/mol. The maximum atomic E-state index is 14.0. The van der Waals surface area contributed by atoms with Gasteiger partial charge in [0.05, 0.1) is 54.8 Å². The van der Waals surface area contributed by atoms with Crippen LogP contribution in [0.15, 0.2) is 30.3 Å². The van der Waals surface area contributed by atoms with Gasteiger partial charge in [-0.25, -0.2) is 0 Å². The average Bonchev–Trinajstić information content (AvgIpc) is 3.57. The Hall–Kier alpha value is -3.06. The fourth-order valence-electron chi connectivity index (χ4n) is 7.32. The summed E-state index contributed by atoms with van der Waals surface area (Å²) in [5, 5.41) is 19.9. The molecule has 10 atom stereocenters. The molecule has 4 N–H and O–H groups in total. The lowest BCUT2D eigenvalue weighted by molar-refractivity contribution is -0.143. The summed E-state index contributed by atoms with van der Waals surface area (Å²) < 4.78 is 11.8. The molecule has 2 rings (SSSR count). The SMILES string of the molecule is CC[C@H](C)[C@H](NC(=O)[C@@H](NC(=O)[C@H](C(C)C)N(C)C)C(C)C)[C@@H](CC(=O)N1CCC[C@H]1[C@H](OC)[C@@H](C)C(=O)N[C@H](C)[C@@H](O)c1ccccc1)OC. The Bertz CT molecular complexity index is 1240. The molecule has 0 bridgehead atoms. The van der Waals surface area contributed by atoms with Crippen molar-refractivity contribution in [2.75, 3.05) is 34.9 Å². The molecule has 1 aromatic rings. The van der Waals surface area contributed by atoms with Crippen LogP contribution in [-0.4, -0.2) is 116 Å². The first-order valence-electron chi connectivity index (χ1n) is 18.7. The number of aliphatic hydroxyl groups is 1. The fourth-order valence-corrected chi connectivity index (χ4v) is 7.32. The van der Waals surface area contributed by atoms with Crippen molar-refractivity contribution in [1.29, 1.82) is 0 Å². The van der Waals surface area contributed by atoms with Crippen LogP contribution in [0.1, 0.15) is 92.7 Å². The number of likely N-dealkylation sites (N-methyl/N-ethyl adjacent to an activating group) is 1. The van der Waals surface area contributed by atoms with Crippen LogP contribution in [0.2, 0.25) is 0 Å². The number of ether oxygens (including phenoxy) is 2. The molecule has 1 fully saturated rings. The zero-order valence-corrected chi connectivity index (χ0v) is 33.1. The minimum absolute atomic E-state index is 0.0222. The molecule has 1 aromatic carbocycles. The molecule has 0 radical (unpaired) electrons. The number of hydrogen-bond acceptors (Lipinski definition) is 8. The van der Waals surface area contributed by atoms with Gasteiger partial charge in [0.1, 0.15) is 6.04 Å². The molecule has 51 heavy (non-hydrogen) atoms. The summed E-state index contributed by atoms with van der Waals surface area (Å²) in [6, 6.07) is 6.65. The minimum atomic E-state index is -0.875. The van der Waals surface area contributed by atoms with Gasteiger partial charge in [0.25, 0.3) is 0 Å². The number of rotatable bonds is 20. The average molecular weight is 718 g/mol. The minimum Gasteiger partial charge on any atom is -0.386 e. The lowest BCUT2D eigenvalue weighted by Gasteiger charge is -2.37. The highest BCUT2D eigenvalue weighted by Gasteiger charge is 2.42. The zero-order valence-electron chi connectivity index (χ0n) is 33.1. The van der Waals surface area contributed by atoms with Crippen molar-refractivity contribution in [3.8, 4) is 0 Å². The predicted octanol–water partition coefficient (Wildman–Crippen LogP) is 3.53. The number of nitrogens with one attached hydrogen (secondary N) is 3. The number of methoxy groups -OCH3 is 2. The quantitative estimate of drug-likeness (QED) is 0.160. The number of aliphatic hydroxyl groups excluding tert-OH is 1. The van der Waals surface area contributed by atoms with Crippen LogP contribution in [0, 0.1) is 23.7 Å². The number of carbonyl (C=O) groups excluding carboxylic acids is 4. The highest BCUT2D eigenvalue weighted by Crippen LogP contribution is 2.29. The molecule has 1 aliphatic rings. The Morgan fingerprint density at radius 2 is 1.51 bits per heavy atom. The van der Waals surface area contributed by atoms with E-state index in [-0.39, 0.29) is 53.8 Å². The van der Waals surface area contributed by atoms with Gasteiger partial charge in [-0.3, -0.25) is 24.1 Å². The largest absolute Gasteiger partial charge is 0.386 e. The second kappa shape index (κ2) is 20.8. The van der Waals surface area contributed by atoms with Gasteiger partial charge in [0, 0.05) is 20.8 Å². The molecule has 0 saturated carbocycles. The normalized spacial score (nSPS) is 20.2. The summed E-state index contributed by atoms with van der Waals surface area (Å²) in [5.41, 5.74) is 0.710. The van der Waals surface area contributed by atoms with Crippen molar-refractivity contribution in [2.24, 2.45) is 23.7 Å². The van der Waals surface area contributed by atoms with Crippen molar-refractivity contribution in [3.63, 3.8) is 0 Å². The van der Waals surface area contributed by atoms with Crippen LogP contribution in [0.25, 0.3) is 0 Å². The highest BCUT2D eigenvalue weighted by atomic mass is 16.5. The molecule has 290 valence electrons. The molecule has 4 amide bonds. The van der Waals surface area contributed by atoms with Gasteiger partial charge in [0.2, 0.25) is 23.6 Å². The van der Waals surface area contributed by atoms with E-state index in [1.54, 1.807) is 33.0 Å². The van der Waals surface area contributed by atoms with Crippen LogP contribution in [0.5, 0.6) is 0 Å². The predicted molar refractivity (Wildman–Crippen MR) is 200 cm³/mol. The van der Waals surface area contributed by atoms with Crippen molar-refractivity contribution >= 4 is 23.6 Å². The van der Waals surface area contributed by atoms with Gasteiger partial charge < -0.3 is 35.4 Å². The van der Waals surface area contributed by atoms with Gasteiger partial charge in [-0.05, 0) is 57.2 Å². The fraction of sp³-hybridized carbons (Fsp3) is 0.744. The standard InChI is InChI=1S/C39H67N5O7/c1-13-25(6)33(42-38(48)32(23(2)3)41-39(49)34(24(4)5)43(9)10)30(50-11)22-31(45)44-21-17-20-29(44)36(51-12)26(7)37(47)40-27(8)35(46)28-18-15-14-16-19-28/h14-16,18-19,23-27,29-30,32-36,46H,13,17,20-22H2,1-12H3,(H,40,47)(H,41,49)(H,42,48)/t25-,26+,27+,29-,30+,32-,33-,34-,35+,36+/m0/s1. The second-order valence-electron chi connectivity index (χ2n) is 15.2. The smallest absolute Gasteiger partial charge is 0.243 e. The van der Waals surface area contributed by atoms with Gasteiger partial charge in [-0.15, -0.1) is 0 Å². The van der Waals surface area contributed by atoms with E-state index in [9.17, 15) is 24.3 Å². The van der Waals surface area contributed by atoms with Crippen LogP contribution in [-0.2, 0) is 28.7 Å². The van der Waals surface area contributed by atoms with E-state index >= 15 is 0 Å². The zero-order chi connectivity index (χ0) is 38.6. The number of benzene rings is 1. The van der Waals surface area contributed by atoms with E-state index in [0.29, 0.717) is 18.5 Å². The third kappa shape index (κ3) is 12.0. The first-order valence-corrected chi connectivity index (χ1v) is 18.7. The molecular weight excluding hydrogens is 650 g/mol. The number of likely N-dealkylation sites (tertiary alicyclic amines) is 1. The molecular formula is C39H67N5O7. The van der Waals surface area contributed by atoms with Crippen molar-refractivity contribution in [2.45, 2.75) is 130 Å². The third-order valence-corrected chi connectivity index (χ3v) is 10.5. The van der Waals surface area contributed by atoms with Crippen LogP contribution in [0.4, 0.5) is 0 Å². The summed E-state index contributed by atoms with van der Waals surface area (Å²) in [6.45, 7) is 15.8. The maximum Gasteiger partial charge on any atom is 0.243 e. The molecule has 0 spiro atoms. The Labute approximate surface area is 306 Å². The molecule has 1 saturated heterocycles. The van der Waals surface area contributed by atoms with Gasteiger partial charge in [-0.1, -0.05) is 85.2 Å². The molecule has 12 heteroatoms. The Balaban J connectivity index is 2.20. The third-order valence-electron chi connectivity index (χ3n) is 10.5. The van der Waals surface area contributed by atoms with E-state index in [1.807, 2.05) is 90.9 Å². The van der Waals surface area contributed by atoms with Gasteiger partial charge >= 0.3 is 0 Å². The van der Waals surface area contributed by atoms with E-state index in [1.165, 1.54) is 0 Å². The summed E-state index contributed by atoms with van der Waals surface area (Å²) in [7, 11) is 6.79. The Morgan fingerprint density at radius 1 is 0.882 bits per heavy atom. The summed E-state index contributed by atoms with van der Waals surface area (Å²) in [6.07, 6.45) is 0.110. The maximum absolute atomic E-state index is 14.0. The van der Waals surface area contributed by atoms with E-state index in [4.69, 9.17) is 9.47 Å². The van der Waals surface area contributed by atoms with Gasteiger partial charge in [0.15, 0.2) is 0 Å². The number of carbonyl (C=O) groups is 4.